The van der Waals surface area contributed by atoms with Gasteiger partial charge in [0.25, 0.3) is 0 Å². The minimum atomic E-state index is -6.87. The van der Waals surface area contributed by atoms with Gasteiger partial charge in [0, 0.05) is 31.4 Å². The Hall–Kier alpha value is -3.64. The number of anilines is 1. The quantitative estimate of drug-likeness (QED) is 0.226. The Labute approximate surface area is 256 Å². The number of ketones is 1. The molecule has 1 heterocycles. The largest absolute Gasteiger partial charge is 0.534 e. The number of hydrogen-bond donors (Lipinski definition) is 0. The van der Waals surface area contributed by atoms with Gasteiger partial charge in [0.1, 0.15) is 11.5 Å². The minimum absolute atomic E-state index is 0.0214. The number of carbonyl (C=O) groups is 1. The Morgan fingerprint density at radius 1 is 0.761 bits per heavy atom. The van der Waals surface area contributed by atoms with Crippen LogP contribution in [0.5, 0.6) is 0 Å². The molecule has 0 N–H and O–H groups in total. The van der Waals surface area contributed by atoms with E-state index in [0.29, 0.717) is 37.3 Å². The van der Waals surface area contributed by atoms with Crippen LogP contribution in [0, 0.1) is 34.5 Å². The molecule has 2 aliphatic carbocycles. The lowest BCUT2D eigenvalue weighted by atomic mass is 9.90. The number of Topliss-reactive ketones (excluding diaryl/α,β-unsaturated/α-hetero) is 1. The van der Waals surface area contributed by atoms with Gasteiger partial charge in [-0.1, -0.05) is 6.07 Å². The van der Waals surface area contributed by atoms with Gasteiger partial charge < -0.3 is 4.18 Å². The first-order valence-corrected chi connectivity index (χ1v) is 16.5. The molecule has 2 aliphatic rings. The predicted molar refractivity (Wildman–Crippen MR) is 136 cm³/mol. The summed E-state index contributed by atoms with van der Waals surface area (Å²) in [5.74, 6) is -1.62. The van der Waals surface area contributed by atoms with Gasteiger partial charge in [-0.15, -0.1) is 3.71 Å². The van der Waals surface area contributed by atoms with E-state index in [9.17, 15) is 69.6 Å². The van der Waals surface area contributed by atoms with Crippen LogP contribution >= 0.6 is 0 Å². The Morgan fingerprint density at radius 2 is 1.24 bits per heavy atom. The summed E-state index contributed by atoms with van der Waals surface area (Å²) in [7, 11) is -19.3. The second-order valence-electron chi connectivity index (χ2n) is 8.98. The summed E-state index contributed by atoms with van der Waals surface area (Å²) in [4.78, 5) is 13.5. The molecule has 46 heavy (non-hydrogen) atoms. The van der Waals surface area contributed by atoms with Gasteiger partial charge in [-0.05, 0) is 43.9 Å². The molecular formula is C22H21F9N4O8S3. The van der Waals surface area contributed by atoms with Crippen LogP contribution in [-0.4, -0.2) is 52.5 Å². The molecule has 0 radical (unpaired) electrons. The monoisotopic (exact) mass is 736 g/mol. The van der Waals surface area contributed by atoms with Gasteiger partial charge in [-0.25, -0.2) is 4.98 Å². The fraction of sp³-hybridized carbons (Fsp3) is 0.545. The number of rotatable bonds is 5. The maximum Gasteiger partial charge on any atom is 0.534 e. The van der Waals surface area contributed by atoms with Crippen LogP contribution in [0.1, 0.15) is 44.9 Å². The molecule has 0 aromatic carbocycles. The standard InChI is InChI=1S/C8H8F3NO3S.C7H4F6N2O4S2.C7H9NO/c9-8(10,11)16(13,14)15-7-3-1-6(5-12)2-4-7;8-6(9,10)20(16,17)15(5-3-1-2-4-14-5)21(18,19)7(11,12)13;8-5-6-1-3-7(9)4-2-6/h3,6H,1-2,4H2;1-4H;6H,1-4H2. The van der Waals surface area contributed by atoms with Crippen LogP contribution in [0.15, 0.2) is 36.2 Å². The molecule has 1 saturated carbocycles. The molecule has 12 nitrogen and oxygen atoms in total. The van der Waals surface area contributed by atoms with E-state index in [2.05, 4.69) is 15.2 Å². The number of nitrogens with zero attached hydrogens (tertiary/aromatic N) is 4. The van der Waals surface area contributed by atoms with Crippen LogP contribution in [0.2, 0.25) is 0 Å². The van der Waals surface area contributed by atoms with Crippen molar-refractivity contribution in [2.75, 3.05) is 3.71 Å². The molecular weight excluding hydrogens is 715 g/mol. The number of carbonyl (C=O) groups excluding carboxylic acids is 1. The van der Waals surface area contributed by atoms with Crippen molar-refractivity contribution >= 4 is 41.8 Å². The molecule has 1 aromatic heterocycles. The second kappa shape index (κ2) is 15.3. The number of nitriles is 2. The highest BCUT2D eigenvalue weighted by molar-refractivity contribution is 8.11. The number of alkyl halides is 9. The molecule has 1 aromatic rings. The van der Waals surface area contributed by atoms with E-state index in [0.717, 1.165) is 25.0 Å². The number of hydrogen-bond acceptors (Lipinski definition) is 11. The van der Waals surface area contributed by atoms with Crippen LogP contribution in [0.4, 0.5) is 45.3 Å². The Morgan fingerprint density at radius 3 is 1.59 bits per heavy atom. The molecule has 24 heteroatoms. The lowest BCUT2D eigenvalue weighted by Crippen LogP contribution is -2.49. The van der Waals surface area contributed by atoms with Crippen LogP contribution in [0.3, 0.4) is 0 Å². The fourth-order valence-electron chi connectivity index (χ4n) is 3.29. The van der Waals surface area contributed by atoms with Crippen molar-refractivity contribution in [1.29, 1.82) is 10.5 Å². The lowest BCUT2D eigenvalue weighted by molar-refractivity contribution is -0.120. The number of halogens is 9. The number of sulfonamides is 2. The zero-order chi connectivity index (χ0) is 35.8. The van der Waals surface area contributed by atoms with E-state index < -0.39 is 56.2 Å². The summed E-state index contributed by atoms with van der Waals surface area (Å²) in [5.41, 5.74) is -18.0. The molecule has 0 amide bonds. The highest BCUT2D eigenvalue weighted by Gasteiger charge is 2.62. The average molecular weight is 737 g/mol. The van der Waals surface area contributed by atoms with Gasteiger partial charge in [0.2, 0.25) is 0 Å². The first-order chi connectivity index (χ1) is 20.8. The minimum Gasteiger partial charge on any atom is -0.381 e. The normalized spacial score (nSPS) is 18.3. The molecule has 0 spiro atoms. The van der Waals surface area contributed by atoms with Crippen molar-refractivity contribution in [1.82, 2.24) is 4.98 Å². The summed E-state index contributed by atoms with van der Waals surface area (Å²) in [6, 6.07) is 6.33. The van der Waals surface area contributed by atoms with Crippen LogP contribution in [-0.2, 0) is 39.1 Å². The first kappa shape index (κ1) is 40.4. The van der Waals surface area contributed by atoms with Crippen molar-refractivity contribution < 1.29 is 73.7 Å². The van der Waals surface area contributed by atoms with Crippen molar-refractivity contribution in [3.63, 3.8) is 0 Å². The van der Waals surface area contributed by atoms with Gasteiger partial charge in [0.05, 0.1) is 18.1 Å². The average Bonchev–Trinajstić information content (AvgIpc) is 2.93. The van der Waals surface area contributed by atoms with Crippen molar-refractivity contribution in [2.45, 2.75) is 61.5 Å². The van der Waals surface area contributed by atoms with Gasteiger partial charge in [-0.3, -0.25) is 4.79 Å². The van der Waals surface area contributed by atoms with E-state index in [1.807, 2.05) is 6.07 Å². The van der Waals surface area contributed by atoms with Crippen molar-refractivity contribution in [3.8, 4) is 12.1 Å². The Bertz CT molecular complexity index is 1610. The molecule has 1 fully saturated rings. The molecule has 258 valence electrons. The van der Waals surface area contributed by atoms with Gasteiger partial charge >= 0.3 is 46.7 Å². The number of allylic oxidation sites excluding steroid dienone is 2. The SMILES string of the molecule is N#CC1CC=C(OS(=O)(=O)C(F)(F)F)CC1.N#CC1CCC(=O)CC1.O=S(=O)(N(c1ccccn1)S(=O)(=O)C(F)(F)F)C(F)(F)F. The third kappa shape index (κ3) is 10.7. The Balaban J connectivity index is 0.000000372. The second-order valence-corrected chi connectivity index (χ2v) is 14.3. The summed E-state index contributed by atoms with van der Waals surface area (Å²) >= 11 is 0. The fourth-order valence-corrected chi connectivity index (χ4v) is 6.44. The van der Waals surface area contributed by atoms with Gasteiger partial charge in [-0.2, -0.15) is 75.3 Å². The third-order valence-electron chi connectivity index (χ3n) is 5.64. The van der Waals surface area contributed by atoms with Crippen molar-refractivity contribution in [2.24, 2.45) is 11.8 Å². The zero-order valence-electron chi connectivity index (χ0n) is 22.7. The number of aromatic nitrogens is 1. The summed E-state index contributed by atoms with van der Waals surface area (Å²) in [6.45, 7) is 0. The Kier molecular flexibility index (Phi) is 13.4. The van der Waals surface area contributed by atoms with Crippen LogP contribution < -0.4 is 3.71 Å². The molecule has 1 atom stereocenters. The van der Waals surface area contributed by atoms with E-state index in [4.69, 9.17) is 10.5 Å². The number of pyridine rings is 1. The topological polar surface area (TPSA) is 192 Å². The molecule has 0 saturated heterocycles. The molecule has 0 aliphatic heterocycles. The maximum atomic E-state index is 12.4. The predicted octanol–water partition coefficient (Wildman–Crippen LogP) is 4.92. The summed E-state index contributed by atoms with van der Waals surface area (Å²) in [6.07, 6.45) is 5.18. The summed E-state index contributed by atoms with van der Waals surface area (Å²) in [5, 5.41) is 16.9. The van der Waals surface area contributed by atoms with E-state index in [-0.39, 0.29) is 30.4 Å². The van der Waals surface area contributed by atoms with Gasteiger partial charge in [0.15, 0.2) is 5.82 Å². The van der Waals surface area contributed by atoms with E-state index >= 15 is 0 Å². The molecule has 3 rings (SSSR count). The van der Waals surface area contributed by atoms with Crippen molar-refractivity contribution in [3.05, 3.63) is 36.2 Å². The first-order valence-electron chi connectivity index (χ1n) is 12.2. The summed E-state index contributed by atoms with van der Waals surface area (Å²) < 4.78 is 178. The zero-order valence-corrected chi connectivity index (χ0v) is 25.1. The van der Waals surface area contributed by atoms with E-state index in [1.54, 1.807) is 0 Å². The lowest BCUT2D eigenvalue weighted by Gasteiger charge is -2.24. The molecule has 0 bridgehead atoms. The van der Waals surface area contributed by atoms with Crippen LogP contribution in [0.25, 0.3) is 0 Å². The third-order valence-corrected chi connectivity index (χ3v) is 10.2. The molecule has 1 unspecified atom stereocenters. The highest BCUT2D eigenvalue weighted by Crippen LogP contribution is 2.37. The highest BCUT2D eigenvalue weighted by atomic mass is 32.3. The van der Waals surface area contributed by atoms with E-state index in [1.165, 1.54) is 6.08 Å². The maximum absolute atomic E-state index is 12.4. The smallest absolute Gasteiger partial charge is 0.381 e.